The number of aromatic nitrogens is 1. The molecule has 0 fully saturated rings. The number of pyridine rings is 1. The Labute approximate surface area is 216 Å². The summed E-state index contributed by atoms with van der Waals surface area (Å²) in [5.41, 5.74) is 2.65. The van der Waals surface area contributed by atoms with E-state index in [1.54, 1.807) is 37.5 Å². The van der Waals surface area contributed by atoms with Crippen LogP contribution in [0.2, 0.25) is 0 Å². The minimum absolute atomic E-state index is 0. The van der Waals surface area contributed by atoms with E-state index in [4.69, 9.17) is 4.74 Å². The normalized spacial score (nSPS) is 10.7. The lowest BCUT2D eigenvalue weighted by Crippen LogP contribution is -2.38. The molecular formula is C25H29FIN5O2. The van der Waals surface area contributed by atoms with E-state index in [9.17, 15) is 9.18 Å². The molecule has 7 nitrogen and oxygen atoms in total. The summed E-state index contributed by atoms with van der Waals surface area (Å²) in [4.78, 5) is 20.7. The number of nitrogens with zero attached hydrogens (tertiary/aromatic N) is 2. The molecule has 0 saturated carbocycles. The van der Waals surface area contributed by atoms with Gasteiger partial charge in [-0.3, -0.25) is 4.79 Å². The summed E-state index contributed by atoms with van der Waals surface area (Å²) >= 11 is 0. The van der Waals surface area contributed by atoms with Crippen LogP contribution in [0.15, 0.2) is 71.9 Å². The molecule has 3 N–H and O–H groups in total. The highest BCUT2D eigenvalue weighted by Gasteiger charge is 2.05. The predicted molar refractivity (Wildman–Crippen MR) is 142 cm³/mol. The highest BCUT2D eigenvalue weighted by Crippen LogP contribution is 2.19. The third-order valence-electron chi connectivity index (χ3n) is 4.72. The Morgan fingerprint density at radius 1 is 1.06 bits per heavy atom. The summed E-state index contributed by atoms with van der Waals surface area (Å²) in [6, 6.07) is 17.0. The molecule has 0 unspecified atom stereocenters. The lowest BCUT2D eigenvalue weighted by molar-refractivity contribution is 0.0963. The molecule has 9 heteroatoms. The van der Waals surface area contributed by atoms with E-state index < -0.39 is 0 Å². The average Bonchev–Trinajstić information content (AvgIpc) is 2.84. The molecule has 1 heterocycles. The molecule has 0 bridgehead atoms. The first-order valence-corrected chi connectivity index (χ1v) is 10.8. The van der Waals surface area contributed by atoms with Gasteiger partial charge < -0.3 is 20.7 Å². The number of ether oxygens (including phenoxy) is 1. The van der Waals surface area contributed by atoms with Gasteiger partial charge in [0.2, 0.25) is 5.88 Å². The molecule has 2 aromatic carbocycles. The van der Waals surface area contributed by atoms with E-state index in [0.717, 1.165) is 24.1 Å². The van der Waals surface area contributed by atoms with Crippen LogP contribution >= 0.6 is 24.0 Å². The summed E-state index contributed by atoms with van der Waals surface area (Å²) in [5.74, 6) is 1.24. The lowest BCUT2D eigenvalue weighted by atomic mass is 10.1. The fourth-order valence-corrected chi connectivity index (χ4v) is 3.04. The van der Waals surface area contributed by atoms with Crippen LogP contribution in [0, 0.1) is 5.82 Å². The van der Waals surface area contributed by atoms with Gasteiger partial charge in [-0.25, -0.2) is 14.4 Å². The van der Waals surface area contributed by atoms with Crippen LogP contribution in [0.3, 0.4) is 0 Å². The standard InChI is InChI=1S/C25H28FN5O2.HI/c1-3-28-25(29-14-13-18-5-4-6-20(15-18)24(32)27-2)31-17-19-7-12-23(30-16-19)33-22-10-8-21(26)9-11-22;/h4-12,15-16H,3,13-14,17H2,1-2H3,(H,27,32)(H2,28,29,31);1H. The number of hydrogen-bond donors (Lipinski definition) is 3. The highest BCUT2D eigenvalue weighted by atomic mass is 127. The third-order valence-corrected chi connectivity index (χ3v) is 4.72. The van der Waals surface area contributed by atoms with Crippen LogP contribution in [0.5, 0.6) is 11.6 Å². The van der Waals surface area contributed by atoms with Gasteiger partial charge in [0.15, 0.2) is 5.96 Å². The lowest BCUT2D eigenvalue weighted by Gasteiger charge is -2.12. The second kappa shape index (κ2) is 14.1. The van der Waals surface area contributed by atoms with Crippen molar-refractivity contribution in [1.29, 1.82) is 0 Å². The zero-order valence-corrected chi connectivity index (χ0v) is 21.5. The maximum absolute atomic E-state index is 13.0. The van der Waals surface area contributed by atoms with Gasteiger partial charge in [0.05, 0.1) is 6.54 Å². The number of carbonyl (C=O) groups excluding carboxylic acids is 1. The first-order valence-electron chi connectivity index (χ1n) is 10.8. The Hall–Kier alpha value is -3.21. The van der Waals surface area contributed by atoms with Crippen molar-refractivity contribution in [1.82, 2.24) is 20.9 Å². The number of nitrogens with one attached hydrogen (secondary N) is 3. The Bertz CT molecular complexity index is 1080. The molecule has 34 heavy (non-hydrogen) atoms. The zero-order valence-electron chi connectivity index (χ0n) is 19.2. The fourth-order valence-electron chi connectivity index (χ4n) is 3.04. The second-order valence-corrected chi connectivity index (χ2v) is 7.21. The van der Waals surface area contributed by atoms with E-state index >= 15 is 0 Å². The Morgan fingerprint density at radius 3 is 2.53 bits per heavy atom. The highest BCUT2D eigenvalue weighted by molar-refractivity contribution is 14.0. The minimum Gasteiger partial charge on any atom is -0.439 e. The topological polar surface area (TPSA) is 87.6 Å². The van der Waals surface area contributed by atoms with Crippen LogP contribution in [0.4, 0.5) is 4.39 Å². The number of aliphatic imine (C=N–C) groups is 1. The Morgan fingerprint density at radius 2 is 1.85 bits per heavy atom. The molecule has 1 amide bonds. The molecule has 0 saturated heterocycles. The van der Waals surface area contributed by atoms with Gasteiger partial charge in [-0.1, -0.05) is 18.2 Å². The van der Waals surface area contributed by atoms with Gasteiger partial charge in [-0.15, -0.1) is 24.0 Å². The maximum Gasteiger partial charge on any atom is 0.251 e. The molecule has 0 radical (unpaired) electrons. The summed E-state index contributed by atoms with van der Waals surface area (Å²) in [6.07, 6.45) is 2.46. The van der Waals surface area contributed by atoms with Crippen molar-refractivity contribution in [2.75, 3.05) is 20.1 Å². The Kier molecular flexibility index (Phi) is 11.2. The van der Waals surface area contributed by atoms with Crippen molar-refractivity contribution < 1.29 is 13.9 Å². The van der Waals surface area contributed by atoms with Crippen LogP contribution in [-0.2, 0) is 13.0 Å². The van der Waals surface area contributed by atoms with Crippen molar-refractivity contribution in [3.63, 3.8) is 0 Å². The van der Waals surface area contributed by atoms with E-state index in [0.29, 0.717) is 36.2 Å². The van der Waals surface area contributed by atoms with Crippen molar-refractivity contribution in [2.45, 2.75) is 19.9 Å². The molecule has 0 atom stereocenters. The summed E-state index contributed by atoms with van der Waals surface area (Å²) in [6.45, 7) is 3.87. The van der Waals surface area contributed by atoms with E-state index in [2.05, 4.69) is 25.9 Å². The molecule has 0 aliphatic rings. The minimum atomic E-state index is -0.314. The summed E-state index contributed by atoms with van der Waals surface area (Å²) < 4.78 is 18.6. The van der Waals surface area contributed by atoms with Crippen molar-refractivity contribution in [3.05, 3.63) is 89.4 Å². The van der Waals surface area contributed by atoms with Crippen LogP contribution in [0.25, 0.3) is 0 Å². The summed E-state index contributed by atoms with van der Waals surface area (Å²) in [5, 5.41) is 9.18. The first-order chi connectivity index (χ1) is 16.1. The van der Waals surface area contributed by atoms with Crippen LogP contribution in [0.1, 0.15) is 28.4 Å². The smallest absolute Gasteiger partial charge is 0.251 e. The third kappa shape index (κ3) is 8.62. The SMILES string of the molecule is CCNC(=NCc1ccc(Oc2ccc(F)cc2)nc1)NCCc1cccc(C(=O)NC)c1.I. The Balaban J connectivity index is 0.00000408. The van der Waals surface area contributed by atoms with Gasteiger partial charge in [-0.05, 0) is 60.9 Å². The second-order valence-electron chi connectivity index (χ2n) is 7.21. The van der Waals surface area contributed by atoms with E-state index in [-0.39, 0.29) is 35.7 Å². The van der Waals surface area contributed by atoms with Crippen molar-refractivity contribution in [3.8, 4) is 11.6 Å². The fraction of sp³-hybridized carbons (Fsp3) is 0.240. The molecule has 1 aromatic heterocycles. The predicted octanol–water partition coefficient (Wildman–Crippen LogP) is 4.29. The molecule has 3 aromatic rings. The van der Waals surface area contributed by atoms with Crippen molar-refractivity contribution >= 4 is 35.8 Å². The van der Waals surface area contributed by atoms with Crippen LogP contribution in [-0.4, -0.2) is 37.0 Å². The summed E-state index contributed by atoms with van der Waals surface area (Å²) in [7, 11) is 1.62. The number of halogens is 2. The number of amides is 1. The first kappa shape index (κ1) is 27.0. The molecule has 0 aliphatic carbocycles. The average molecular weight is 577 g/mol. The van der Waals surface area contributed by atoms with E-state index in [1.165, 1.54) is 12.1 Å². The monoisotopic (exact) mass is 577 g/mol. The van der Waals surface area contributed by atoms with Crippen LogP contribution < -0.4 is 20.7 Å². The number of carbonyl (C=O) groups is 1. The number of benzene rings is 2. The molecule has 180 valence electrons. The molecule has 3 rings (SSSR count). The van der Waals surface area contributed by atoms with E-state index in [1.807, 2.05) is 31.2 Å². The van der Waals surface area contributed by atoms with Gasteiger partial charge in [0, 0.05) is 38.0 Å². The van der Waals surface area contributed by atoms with Gasteiger partial charge in [-0.2, -0.15) is 0 Å². The number of guanidine groups is 1. The number of rotatable bonds is 9. The molecule has 0 spiro atoms. The van der Waals surface area contributed by atoms with Gasteiger partial charge in [0.1, 0.15) is 11.6 Å². The zero-order chi connectivity index (χ0) is 23.5. The maximum atomic E-state index is 13.0. The number of hydrogen-bond acceptors (Lipinski definition) is 4. The molecule has 0 aliphatic heterocycles. The largest absolute Gasteiger partial charge is 0.439 e. The quantitative estimate of drug-likeness (QED) is 0.201. The van der Waals surface area contributed by atoms with Crippen molar-refractivity contribution in [2.24, 2.45) is 4.99 Å². The van der Waals surface area contributed by atoms with Gasteiger partial charge in [0.25, 0.3) is 5.91 Å². The van der Waals surface area contributed by atoms with Gasteiger partial charge >= 0.3 is 0 Å². The molecular weight excluding hydrogens is 548 g/mol.